The van der Waals surface area contributed by atoms with Gasteiger partial charge in [0.1, 0.15) is 5.75 Å². The lowest BCUT2D eigenvalue weighted by molar-refractivity contribution is -0.121. The summed E-state index contributed by atoms with van der Waals surface area (Å²) in [5.74, 6) is 0.939. The summed E-state index contributed by atoms with van der Waals surface area (Å²) in [6.45, 7) is 7.97. The van der Waals surface area contributed by atoms with Crippen molar-refractivity contribution in [1.82, 2.24) is 5.32 Å². The third-order valence-corrected chi connectivity index (χ3v) is 2.90. The Bertz CT molecular complexity index is 418. The zero-order valence-corrected chi connectivity index (χ0v) is 13.4. The lowest BCUT2D eigenvalue weighted by Gasteiger charge is -2.09. The maximum absolute atomic E-state index is 11.6. The minimum atomic E-state index is 0.0763. The minimum Gasteiger partial charge on any atom is -0.494 e. The second-order valence-corrected chi connectivity index (χ2v) is 5.39. The van der Waals surface area contributed by atoms with Gasteiger partial charge in [0.15, 0.2) is 0 Å². The Kier molecular flexibility index (Phi) is 8.51. The van der Waals surface area contributed by atoms with Crippen LogP contribution in [0.15, 0.2) is 24.3 Å². The third-order valence-electron chi connectivity index (χ3n) is 2.90. The van der Waals surface area contributed by atoms with Crippen molar-refractivity contribution < 1.29 is 14.3 Å². The van der Waals surface area contributed by atoms with E-state index < -0.39 is 0 Å². The number of aryl methyl sites for hydroxylation is 1. The van der Waals surface area contributed by atoms with Gasteiger partial charge in [-0.05, 0) is 51.3 Å². The van der Waals surface area contributed by atoms with Crippen LogP contribution in [0.5, 0.6) is 5.75 Å². The van der Waals surface area contributed by atoms with Gasteiger partial charge in [-0.2, -0.15) is 0 Å². The first-order chi connectivity index (χ1) is 10.1. The topological polar surface area (TPSA) is 47.6 Å². The quantitative estimate of drug-likeness (QED) is 0.674. The predicted molar refractivity (Wildman–Crippen MR) is 84.6 cm³/mol. The fourth-order valence-corrected chi connectivity index (χ4v) is 1.84. The average molecular weight is 293 g/mol. The van der Waals surface area contributed by atoms with E-state index >= 15 is 0 Å². The Morgan fingerprint density at radius 1 is 1.24 bits per heavy atom. The van der Waals surface area contributed by atoms with Crippen LogP contribution >= 0.6 is 0 Å². The van der Waals surface area contributed by atoms with E-state index in [1.807, 2.05) is 45.0 Å². The summed E-state index contributed by atoms with van der Waals surface area (Å²) in [5.41, 5.74) is 1.17. The number of carbonyl (C=O) groups excluding carboxylic acids is 1. The van der Waals surface area contributed by atoms with E-state index in [9.17, 15) is 4.79 Å². The molecule has 0 aromatic heterocycles. The highest BCUT2D eigenvalue weighted by Gasteiger charge is 2.01. The van der Waals surface area contributed by atoms with E-state index in [4.69, 9.17) is 9.47 Å². The Labute approximate surface area is 127 Å². The molecule has 0 aliphatic rings. The number of nitrogens with one attached hydrogen (secondary N) is 1. The van der Waals surface area contributed by atoms with Crippen LogP contribution in [0.2, 0.25) is 0 Å². The van der Waals surface area contributed by atoms with E-state index in [-0.39, 0.29) is 12.0 Å². The molecule has 0 heterocycles. The maximum atomic E-state index is 11.6. The van der Waals surface area contributed by atoms with Gasteiger partial charge in [0.05, 0.1) is 12.7 Å². The van der Waals surface area contributed by atoms with Crippen LogP contribution in [0.25, 0.3) is 0 Å². The molecule has 0 aliphatic carbocycles. The molecule has 118 valence electrons. The number of hydrogen-bond acceptors (Lipinski definition) is 3. The Balaban J connectivity index is 2.01. The molecule has 1 aromatic carbocycles. The summed E-state index contributed by atoms with van der Waals surface area (Å²) < 4.78 is 11.0. The molecule has 4 heteroatoms. The SMILES string of the molecule is Cc1cccc(OCCCC(=O)NCCCOC(C)C)c1. The van der Waals surface area contributed by atoms with E-state index in [1.54, 1.807) is 0 Å². The van der Waals surface area contributed by atoms with Crippen LogP contribution in [0.4, 0.5) is 0 Å². The van der Waals surface area contributed by atoms with Gasteiger partial charge >= 0.3 is 0 Å². The zero-order valence-electron chi connectivity index (χ0n) is 13.4. The second kappa shape index (κ2) is 10.2. The number of rotatable bonds is 10. The predicted octanol–water partition coefficient (Wildman–Crippen LogP) is 3.09. The van der Waals surface area contributed by atoms with Crippen molar-refractivity contribution in [2.75, 3.05) is 19.8 Å². The number of amides is 1. The Morgan fingerprint density at radius 3 is 2.76 bits per heavy atom. The molecule has 0 fully saturated rings. The lowest BCUT2D eigenvalue weighted by atomic mass is 10.2. The fraction of sp³-hybridized carbons (Fsp3) is 0.588. The summed E-state index contributed by atoms with van der Waals surface area (Å²) in [6.07, 6.45) is 2.32. The van der Waals surface area contributed by atoms with E-state index in [2.05, 4.69) is 5.32 Å². The molecule has 1 N–H and O–H groups in total. The van der Waals surface area contributed by atoms with Gasteiger partial charge in [0.25, 0.3) is 0 Å². The Hall–Kier alpha value is -1.55. The van der Waals surface area contributed by atoms with Crippen molar-refractivity contribution in [3.63, 3.8) is 0 Å². The van der Waals surface area contributed by atoms with E-state index in [0.717, 1.165) is 18.6 Å². The summed E-state index contributed by atoms with van der Waals surface area (Å²) in [7, 11) is 0. The lowest BCUT2D eigenvalue weighted by Crippen LogP contribution is -2.25. The summed E-state index contributed by atoms with van der Waals surface area (Å²) in [6, 6.07) is 7.93. The van der Waals surface area contributed by atoms with Crippen LogP contribution in [-0.2, 0) is 9.53 Å². The molecular weight excluding hydrogens is 266 g/mol. The molecule has 1 amide bonds. The van der Waals surface area contributed by atoms with Gasteiger partial charge in [-0.1, -0.05) is 12.1 Å². The molecule has 0 atom stereocenters. The fourth-order valence-electron chi connectivity index (χ4n) is 1.84. The van der Waals surface area contributed by atoms with Crippen molar-refractivity contribution >= 4 is 5.91 Å². The summed E-state index contributed by atoms with van der Waals surface area (Å²) >= 11 is 0. The first-order valence-corrected chi connectivity index (χ1v) is 7.65. The second-order valence-electron chi connectivity index (χ2n) is 5.39. The van der Waals surface area contributed by atoms with Gasteiger partial charge in [-0.25, -0.2) is 0 Å². The average Bonchev–Trinajstić information content (AvgIpc) is 2.43. The molecule has 4 nitrogen and oxygen atoms in total. The van der Waals surface area contributed by atoms with Gasteiger partial charge in [-0.15, -0.1) is 0 Å². The molecule has 1 rings (SSSR count). The largest absolute Gasteiger partial charge is 0.494 e. The molecule has 0 bridgehead atoms. The first-order valence-electron chi connectivity index (χ1n) is 7.65. The normalized spacial score (nSPS) is 10.7. The minimum absolute atomic E-state index is 0.0763. The van der Waals surface area contributed by atoms with E-state index in [0.29, 0.717) is 26.2 Å². The smallest absolute Gasteiger partial charge is 0.220 e. The standard InChI is InChI=1S/C17H27NO3/c1-14(2)20-12-6-10-18-17(19)9-5-11-21-16-8-4-7-15(3)13-16/h4,7-8,13-14H,5-6,9-12H2,1-3H3,(H,18,19). The number of benzene rings is 1. The molecular formula is C17H27NO3. The van der Waals surface area contributed by atoms with Crippen LogP contribution in [0.1, 0.15) is 38.7 Å². The van der Waals surface area contributed by atoms with Gasteiger partial charge in [0.2, 0.25) is 5.91 Å². The van der Waals surface area contributed by atoms with E-state index in [1.165, 1.54) is 5.56 Å². The molecule has 0 unspecified atom stereocenters. The van der Waals surface area contributed by atoms with Crippen molar-refractivity contribution in [3.05, 3.63) is 29.8 Å². The van der Waals surface area contributed by atoms with Crippen molar-refractivity contribution in [2.45, 2.75) is 46.1 Å². The third kappa shape index (κ3) is 9.08. The molecule has 0 aliphatic heterocycles. The maximum Gasteiger partial charge on any atom is 0.220 e. The van der Waals surface area contributed by atoms with Crippen molar-refractivity contribution in [1.29, 1.82) is 0 Å². The molecule has 0 radical (unpaired) electrons. The molecule has 1 aromatic rings. The monoisotopic (exact) mass is 293 g/mol. The molecule has 0 saturated heterocycles. The number of hydrogen-bond donors (Lipinski definition) is 1. The highest BCUT2D eigenvalue weighted by molar-refractivity contribution is 5.75. The summed E-state index contributed by atoms with van der Waals surface area (Å²) in [5, 5.41) is 2.89. The molecule has 0 saturated carbocycles. The summed E-state index contributed by atoms with van der Waals surface area (Å²) in [4.78, 5) is 11.6. The van der Waals surface area contributed by atoms with Gasteiger partial charge in [0, 0.05) is 19.6 Å². The molecule has 0 spiro atoms. The highest BCUT2D eigenvalue weighted by Crippen LogP contribution is 2.12. The van der Waals surface area contributed by atoms with Crippen LogP contribution < -0.4 is 10.1 Å². The number of carbonyl (C=O) groups is 1. The van der Waals surface area contributed by atoms with Crippen LogP contribution in [0, 0.1) is 6.92 Å². The van der Waals surface area contributed by atoms with Crippen LogP contribution in [-0.4, -0.2) is 31.8 Å². The van der Waals surface area contributed by atoms with Crippen molar-refractivity contribution in [3.8, 4) is 5.75 Å². The molecule has 21 heavy (non-hydrogen) atoms. The highest BCUT2D eigenvalue weighted by atomic mass is 16.5. The number of ether oxygens (including phenoxy) is 2. The van der Waals surface area contributed by atoms with Crippen LogP contribution in [0.3, 0.4) is 0 Å². The van der Waals surface area contributed by atoms with Gasteiger partial charge in [-0.3, -0.25) is 4.79 Å². The van der Waals surface area contributed by atoms with Crippen molar-refractivity contribution in [2.24, 2.45) is 0 Å². The van der Waals surface area contributed by atoms with Gasteiger partial charge < -0.3 is 14.8 Å². The zero-order chi connectivity index (χ0) is 15.5. The first kappa shape index (κ1) is 17.5. The Morgan fingerprint density at radius 2 is 2.05 bits per heavy atom.